The highest BCUT2D eigenvalue weighted by Crippen LogP contribution is 2.20. The lowest BCUT2D eigenvalue weighted by molar-refractivity contribution is -0.140. The minimum absolute atomic E-state index is 0.00180. The second kappa shape index (κ2) is 11.8. The third-order valence-electron chi connectivity index (χ3n) is 5.93. The van der Waals surface area contributed by atoms with Crippen LogP contribution in [-0.4, -0.2) is 101 Å². The number of carbonyl (C=O) groups is 2. The molecule has 0 bridgehead atoms. The van der Waals surface area contributed by atoms with Crippen LogP contribution in [0.4, 0.5) is 0 Å². The maximum Gasteiger partial charge on any atom is 0.317 e. The molecule has 1 aliphatic heterocycles. The van der Waals surface area contributed by atoms with E-state index >= 15 is 0 Å². The Morgan fingerprint density at radius 3 is 2.09 bits per heavy atom. The number of rotatable bonds is 8. The first kappa shape index (κ1) is 26.4. The molecule has 2 N–H and O–H groups in total. The van der Waals surface area contributed by atoms with Crippen LogP contribution < -0.4 is 0 Å². The molecule has 178 valence electrons. The predicted octanol–water partition coefficient (Wildman–Crippen LogP) is 2.27. The predicted molar refractivity (Wildman–Crippen MR) is 130 cm³/mol. The third kappa shape index (κ3) is 8.94. The number of hydrogen-bond acceptors (Lipinski definition) is 6. The molecule has 1 atom stereocenters. The number of aliphatic carboxylic acids is 2. The van der Waals surface area contributed by atoms with Crippen LogP contribution in [0.15, 0.2) is 24.3 Å². The summed E-state index contributed by atoms with van der Waals surface area (Å²) in [6.07, 6.45) is 1.51. The maximum atomic E-state index is 11.5. The second-order valence-corrected chi connectivity index (χ2v) is 10.3. The molecular weight excluding hydrogens is 426 g/mol. The summed E-state index contributed by atoms with van der Waals surface area (Å²) in [5.74, 6) is -1.73. The smallest absolute Gasteiger partial charge is 0.317 e. The van der Waals surface area contributed by atoms with Crippen molar-refractivity contribution in [3.05, 3.63) is 35.4 Å². The Labute approximate surface area is 197 Å². The number of hydrogen-bond donors (Lipinski definition) is 2. The lowest BCUT2D eigenvalue weighted by Crippen LogP contribution is -2.47. The van der Waals surface area contributed by atoms with Crippen LogP contribution in [0, 0.1) is 5.41 Å². The van der Waals surface area contributed by atoms with Crippen LogP contribution in [0.25, 0.3) is 0 Å². The fraction of sp³-hybridized carbons (Fsp3) is 0.625. The number of carboxylic acid groups (broad SMARTS) is 2. The molecule has 0 amide bonds. The zero-order valence-corrected chi connectivity index (χ0v) is 20.5. The number of carboxylic acids is 2. The van der Waals surface area contributed by atoms with Crippen molar-refractivity contribution in [1.82, 2.24) is 14.7 Å². The van der Waals surface area contributed by atoms with Crippen molar-refractivity contribution in [2.75, 3.05) is 52.9 Å². The summed E-state index contributed by atoms with van der Waals surface area (Å²) >= 11 is 5.57. The standard InChI is InChI=1S/C24H37N3O4S/c1-24(2,3)21(32)14-19-7-5-18(6-8-19)13-20-15-25(4)9-10-26(16-22(28)29)11-12-27(20)17-23(30)31/h5-8,20H,9-17H2,1-4H3,(H,28,29)(H,30,31)/t20-/m1/s1. The van der Waals surface area contributed by atoms with Gasteiger partial charge in [0.2, 0.25) is 0 Å². The van der Waals surface area contributed by atoms with Crippen molar-refractivity contribution in [3.63, 3.8) is 0 Å². The summed E-state index contributed by atoms with van der Waals surface area (Å²) in [6, 6.07) is 8.48. The summed E-state index contributed by atoms with van der Waals surface area (Å²) in [6.45, 7) is 9.48. The van der Waals surface area contributed by atoms with Gasteiger partial charge in [-0.25, -0.2) is 0 Å². The van der Waals surface area contributed by atoms with E-state index in [1.165, 1.54) is 5.56 Å². The highest BCUT2D eigenvalue weighted by Gasteiger charge is 2.26. The molecule has 1 fully saturated rings. The Hall–Kier alpha value is -1.87. The van der Waals surface area contributed by atoms with Gasteiger partial charge in [-0.05, 0) is 30.0 Å². The van der Waals surface area contributed by atoms with E-state index in [1.807, 2.05) is 16.8 Å². The number of nitrogens with zero attached hydrogens (tertiary/aromatic N) is 3. The molecule has 1 heterocycles. The van der Waals surface area contributed by atoms with E-state index in [1.54, 1.807) is 0 Å². The molecule has 2 rings (SSSR count). The Kier molecular flexibility index (Phi) is 9.76. The van der Waals surface area contributed by atoms with Crippen LogP contribution in [0.2, 0.25) is 0 Å². The SMILES string of the molecule is CN1CCN(CC(=O)O)CCN(CC(=O)O)[C@H](Cc2ccc(CC(=S)C(C)(C)C)cc2)C1. The minimum atomic E-state index is -0.868. The van der Waals surface area contributed by atoms with Gasteiger partial charge in [-0.2, -0.15) is 0 Å². The van der Waals surface area contributed by atoms with Crippen molar-refractivity contribution < 1.29 is 19.8 Å². The van der Waals surface area contributed by atoms with Crippen LogP contribution >= 0.6 is 12.2 Å². The van der Waals surface area contributed by atoms with Crippen molar-refractivity contribution in [2.24, 2.45) is 5.41 Å². The van der Waals surface area contributed by atoms with E-state index in [-0.39, 0.29) is 24.5 Å². The molecule has 7 nitrogen and oxygen atoms in total. The molecule has 0 unspecified atom stereocenters. The Balaban J connectivity index is 2.14. The van der Waals surface area contributed by atoms with Gasteiger partial charge >= 0.3 is 11.9 Å². The van der Waals surface area contributed by atoms with E-state index in [9.17, 15) is 19.8 Å². The summed E-state index contributed by atoms with van der Waals surface area (Å²) in [7, 11) is 2.01. The first-order valence-corrected chi connectivity index (χ1v) is 11.5. The first-order chi connectivity index (χ1) is 14.9. The summed E-state index contributed by atoms with van der Waals surface area (Å²) in [5.41, 5.74) is 2.35. The molecule has 1 aromatic rings. The summed E-state index contributed by atoms with van der Waals surface area (Å²) in [5, 5.41) is 18.6. The lowest BCUT2D eigenvalue weighted by atomic mass is 9.88. The summed E-state index contributed by atoms with van der Waals surface area (Å²) in [4.78, 5) is 29.8. The van der Waals surface area contributed by atoms with Gasteiger partial charge < -0.3 is 15.1 Å². The van der Waals surface area contributed by atoms with Crippen molar-refractivity contribution >= 4 is 29.0 Å². The quantitative estimate of drug-likeness (QED) is 0.568. The van der Waals surface area contributed by atoms with Gasteiger partial charge in [0.25, 0.3) is 0 Å². The largest absolute Gasteiger partial charge is 0.480 e. The van der Waals surface area contributed by atoms with E-state index in [2.05, 4.69) is 49.9 Å². The second-order valence-electron chi connectivity index (χ2n) is 9.82. The maximum absolute atomic E-state index is 11.5. The molecule has 0 aliphatic carbocycles. The van der Waals surface area contributed by atoms with Gasteiger partial charge in [-0.15, -0.1) is 0 Å². The van der Waals surface area contributed by atoms with Gasteiger partial charge in [-0.3, -0.25) is 19.4 Å². The van der Waals surface area contributed by atoms with Gasteiger partial charge in [0.05, 0.1) is 13.1 Å². The summed E-state index contributed by atoms with van der Waals surface area (Å²) < 4.78 is 0. The van der Waals surface area contributed by atoms with Crippen molar-refractivity contribution in [3.8, 4) is 0 Å². The molecule has 8 heteroatoms. The third-order valence-corrected chi connectivity index (χ3v) is 6.69. The molecule has 32 heavy (non-hydrogen) atoms. The normalized spacial score (nSPS) is 19.7. The topological polar surface area (TPSA) is 84.3 Å². The van der Waals surface area contributed by atoms with Gasteiger partial charge in [0, 0.05) is 50.1 Å². The molecule has 0 spiro atoms. The number of benzene rings is 1. The highest BCUT2D eigenvalue weighted by atomic mass is 32.1. The Bertz CT molecular complexity index is 791. The molecule has 0 radical (unpaired) electrons. The Morgan fingerprint density at radius 1 is 0.969 bits per heavy atom. The van der Waals surface area contributed by atoms with Crippen LogP contribution in [0.3, 0.4) is 0 Å². The zero-order chi connectivity index (χ0) is 23.9. The molecule has 0 saturated carbocycles. The molecule has 1 aliphatic rings. The zero-order valence-electron chi connectivity index (χ0n) is 19.7. The number of thiocarbonyl (C=S) groups is 1. The van der Waals surface area contributed by atoms with Gasteiger partial charge in [0.15, 0.2) is 0 Å². The monoisotopic (exact) mass is 463 g/mol. The fourth-order valence-electron chi connectivity index (χ4n) is 3.88. The van der Waals surface area contributed by atoms with E-state index < -0.39 is 11.9 Å². The fourth-order valence-corrected chi connectivity index (χ4v) is 4.05. The first-order valence-electron chi connectivity index (χ1n) is 11.1. The van der Waals surface area contributed by atoms with Crippen LogP contribution in [0.1, 0.15) is 31.9 Å². The molecule has 1 aromatic carbocycles. The minimum Gasteiger partial charge on any atom is -0.480 e. The van der Waals surface area contributed by atoms with E-state index in [0.717, 1.165) is 36.4 Å². The van der Waals surface area contributed by atoms with Crippen LogP contribution in [-0.2, 0) is 22.4 Å². The molecule has 0 aromatic heterocycles. The van der Waals surface area contributed by atoms with E-state index in [0.29, 0.717) is 19.6 Å². The van der Waals surface area contributed by atoms with Crippen molar-refractivity contribution in [2.45, 2.75) is 39.7 Å². The van der Waals surface area contributed by atoms with Gasteiger partial charge in [-0.1, -0.05) is 57.3 Å². The average Bonchev–Trinajstić information content (AvgIpc) is 2.74. The van der Waals surface area contributed by atoms with Gasteiger partial charge in [0.1, 0.15) is 0 Å². The Morgan fingerprint density at radius 2 is 1.53 bits per heavy atom. The molecule has 1 saturated heterocycles. The van der Waals surface area contributed by atoms with Crippen LogP contribution in [0.5, 0.6) is 0 Å². The van der Waals surface area contributed by atoms with E-state index in [4.69, 9.17) is 12.2 Å². The molecular formula is C24H37N3O4S. The van der Waals surface area contributed by atoms with Crippen molar-refractivity contribution in [1.29, 1.82) is 0 Å². The number of likely N-dealkylation sites (N-methyl/N-ethyl adjacent to an activating group) is 1. The highest BCUT2D eigenvalue weighted by molar-refractivity contribution is 7.80. The lowest BCUT2D eigenvalue weighted by Gasteiger charge is -2.32. The average molecular weight is 464 g/mol.